The van der Waals surface area contributed by atoms with Crippen LogP contribution in [0.3, 0.4) is 0 Å². The summed E-state index contributed by atoms with van der Waals surface area (Å²) in [4.78, 5) is 2.67. The van der Waals surface area contributed by atoms with Gasteiger partial charge in [0.25, 0.3) is 0 Å². The zero-order chi connectivity index (χ0) is 12.1. The largest absolute Gasteiger partial charge is 0.381 e. The van der Waals surface area contributed by atoms with E-state index in [1.165, 1.54) is 45.3 Å². The van der Waals surface area contributed by atoms with Gasteiger partial charge in [0.05, 0.1) is 6.61 Å². The minimum absolute atomic E-state index is 0.655. The number of hydrogen-bond donors (Lipinski definition) is 1. The Morgan fingerprint density at radius 2 is 2.06 bits per heavy atom. The van der Waals surface area contributed by atoms with Crippen LogP contribution in [0.25, 0.3) is 0 Å². The first-order valence-electron chi connectivity index (χ1n) is 7.30. The molecule has 1 heterocycles. The Hall–Kier alpha value is -0.120. The molecule has 1 saturated carbocycles. The van der Waals surface area contributed by atoms with E-state index in [1.807, 2.05) is 0 Å². The topological polar surface area (TPSA) is 24.5 Å². The van der Waals surface area contributed by atoms with Gasteiger partial charge in [0, 0.05) is 31.7 Å². The summed E-state index contributed by atoms with van der Waals surface area (Å²) in [5, 5.41) is 3.46. The van der Waals surface area contributed by atoms with Gasteiger partial charge in [-0.1, -0.05) is 6.92 Å². The lowest BCUT2D eigenvalue weighted by atomic mass is 9.95. The van der Waals surface area contributed by atoms with Gasteiger partial charge in [-0.15, -0.1) is 0 Å². The fraction of sp³-hybridized carbons (Fsp3) is 1.00. The van der Waals surface area contributed by atoms with Crippen LogP contribution < -0.4 is 5.32 Å². The van der Waals surface area contributed by atoms with Gasteiger partial charge in [-0.05, 0) is 45.2 Å². The van der Waals surface area contributed by atoms with Crippen LogP contribution in [0, 0.1) is 11.8 Å². The smallest absolute Gasteiger partial charge is 0.0521 e. The molecule has 0 aromatic heterocycles. The first-order valence-corrected chi connectivity index (χ1v) is 7.30. The van der Waals surface area contributed by atoms with Crippen LogP contribution in [-0.2, 0) is 4.74 Å². The Kier molecular flexibility index (Phi) is 5.26. The summed E-state index contributed by atoms with van der Waals surface area (Å²) >= 11 is 0. The number of nitrogens with one attached hydrogen (secondary N) is 1. The normalized spacial score (nSPS) is 29.8. The van der Waals surface area contributed by atoms with Crippen molar-refractivity contribution in [2.24, 2.45) is 11.8 Å². The summed E-state index contributed by atoms with van der Waals surface area (Å²) in [5.41, 5.74) is 0. The summed E-state index contributed by atoms with van der Waals surface area (Å²) in [5.74, 6) is 1.68. The van der Waals surface area contributed by atoms with E-state index in [2.05, 4.69) is 24.2 Å². The summed E-state index contributed by atoms with van der Waals surface area (Å²) in [6.07, 6.45) is 5.35. The molecule has 0 aromatic rings. The second-order valence-electron chi connectivity index (χ2n) is 5.72. The van der Waals surface area contributed by atoms with Gasteiger partial charge in [-0.3, -0.25) is 0 Å². The lowest BCUT2D eigenvalue weighted by Gasteiger charge is -2.35. The molecule has 17 heavy (non-hydrogen) atoms. The van der Waals surface area contributed by atoms with Crippen LogP contribution in [0.4, 0.5) is 0 Å². The fourth-order valence-electron chi connectivity index (χ4n) is 2.93. The van der Waals surface area contributed by atoms with Crippen LogP contribution in [0.5, 0.6) is 0 Å². The van der Waals surface area contributed by atoms with Crippen molar-refractivity contribution < 1.29 is 4.74 Å². The second-order valence-corrected chi connectivity index (χ2v) is 5.72. The van der Waals surface area contributed by atoms with Crippen LogP contribution in [0.2, 0.25) is 0 Å². The molecule has 2 aliphatic rings. The Bertz CT molecular complexity index is 218. The first-order chi connectivity index (χ1) is 8.33. The third-order valence-electron chi connectivity index (χ3n) is 4.09. The molecule has 2 fully saturated rings. The maximum absolute atomic E-state index is 5.65. The average Bonchev–Trinajstić information content (AvgIpc) is 3.14. The third-order valence-corrected chi connectivity index (χ3v) is 4.09. The van der Waals surface area contributed by atoms with Crippen LogP contribution >= 0.6 is 0 Å². The summed E-state index contributed by atoms with van der Waals surface area (Å²) in [6.45, 7) is 7.95. The van der Waals surface area contributed by atoms with Gasteiger partial charge in [-0.25, -0.2) is 0 Å². The number of ether oxygens (including phenoxy) is 1. The van der Waals surface area contributed by atoms with Crippen LogP contribution in [0.1, 0.15) is 32.6 Å². The van der Waals surface area contributed by atoms with E-state index >= 15 is 0 Å². The summed E-state index contributed by atoms with van der Waals surface area (Å²) in [7, 11) is 2.09. The molecule has 1 aliphatic carbocycles. The van der Waals surface area contributed by atoms with Gasteiger partial charge >= 0.3 is 0 Å². The maximum atomic E-state index is 5.65. The zero-order valence-corrected chi connectivity index (χ0v) is 11.5. The molecular weight excluding hydrogens is 212 g/mol. The Morgan fingerprint density at radius 1 is 1.24 bits per heavy atom. The lowest BCUT2D eigenvalue weighted by molar-refractivity contribution is 0.0177. The maximum Gasteiger partial charge on any atom is 0.0521 e. The van der Waals surface area contributed by atoms with Crippen molar-refractivity contribution in [3.05, 3.63) is 0 Å². The highest BCUT2D eigenvalue weighted by Gasteiger charge is 2.29. The number of hydrogen-bond acceptors (Lipinski definition) is 3. The van der Waals surface area contributed by atoms with Gasteiger partial charge in [0.1, 0.15) is 0 Å². The predicted molar refractivity (Wildman–Crippen MR) is 71.2 cm³/mol. The summed E-state index contributed by atoms with van der Waals surface area (Å²) in [6, 6.07) is 0.655. The Morgan fingerprint density at radius 3 is 2.71 bits per heavy atom. The van der Waals surface area contributed by atoms with Crippen molar-refractivity contribution in [1.82, 2.24) is 10.2 Å². The lowest BCUT2D eigenvalue weighted by Crippen LogP contribution is -2.47. The molecule has 1 aliphatic heterocycles. The minimum Gasteiger partial charge on any atom is -0.381 e. The molecule has 3 nitrogen and oxygen atoms in total. The number of nitrogens with zero attached hydrogens (tertiary/aromatic N) is 1. The van der Waals surface area contributed by atoms with Crippen molar-refractivity contribution in [3.63, 3.8) is 0 Å². The van der Waals surface area contributed by atoms with E-state index in [0.29, 0.717) is 12.0 Å². The van der Waals surface area contributed by atoms with E-state index in [0.717, 1.165) is 19.1 Å². The molecule has 1 N–H and O–H groups in total. The van der Waals surface area contributed by atoms with E-state index < -0.39 is 0 Å². The minimum atomic E-state index is 0.655. The van der Waals surface area contributed by atoms with Crippen molar-refractivity contribution in [3.8, 4) is 0 Å². The second kappa shape index (κ2) is 6.72. The molecule has 0 aromatic carbocycles. The number of rotatable bonds is 7. The van der Waals surface area contributed by atoms with E-state index in [1.54, 1.807) is 0 Å². The van der Waals surface area contributed by atoms with Gasteiger partial charge in [0.15, 0.2) is 0 Å². The summed E-state index contributed by atoms with van der Waals surface area (Å²) < 4.78 is 5.65. The quantitative estimate of drug-likeness (QED) is 0.733. The molecule has 0 radical (unpaired) electrons. The van der Waals surface area contributed by atoms with E-state index in [-0.39, 0.29) is 0 Å². The molecule has 100 valence electrons. The van der Waals surface area contributed by atoms with Gasteiger partial charge < -0.3 is 15.0 Å². The first kappa shape index (κ1) is 13.3. The molecule has 1 saturated heterocycles. The standard InChI is InChI=1S/C14H28N2O/c1-3-7-16(9-12-4-5-12)10-13-11-17-8-6-14(13)15-2/h12-15H,3-11H2,1-2H3. The molecule has 0 bridgehead atoms. The zero-order valence-electron chi connectivity index (χ0n) is 11.5. The fourth-order valence-corrected chi connectivity index (χ4v) is 2.93. The monoisotopic (exact) mass is 240 g/mol. The van der Waals surface area contributed by atoms with E-state index in [9.17, 15) is 0 Å². The van der Waals surface area contributed by atoms with Crippen LogP contribution in [-0.4, -0.2) is 50.8 Å². The van der Waals surface area contributed by atoms with E-state index in [4.69, 9.17) is 4.74 Å². The highest BCUT2D eigenvalue weighted by molar-refractivity contribution is 4.83. The van der Waals surface area contributed by atoms with Gasteiger partial charge in [-0.2, -0.15) is 0 Å². The van der Waals surface area contributed by atoms with Crippen LogP contribution in [0.15, 0.2) is 0 Å². The SMILES string of the molecule is CCCN(CC1CC1)CC1COCCC1NC. The predicted octanol–water partition coefficient (Wildman–Crippen LogP) is 1.73. The molecule has 2 atom stereocenters. The molecule has 3 heteroatoms. The molecule has 0 spiro atoms. The van der Waals surface area contributed by atoms with Crippen molar-refractivity contribution in [1.29, 1.82) is 0 Å². The van der Waals surface area contributed by atoms with Crippen molar-refractivity contribution >= 4 is 0 Å². The highest BCUT2D eigenvalue weighted by Crippen LogP contribution is 2.30. The highest BCUT2D eigenvalue weighted by atomic mass is 16.5. The molecule has 2 unspecified atom stereocenters. The molecule has 2 rings (SSSR count). The Balaban J connectivity index is 1.80. The van der Waals surface area contributed by atoms with Gasteiger partial charge in [0.2, 0.25) is 0 Å². The van der Waals surface area contributed by atoms with Crippen molar-refractivity contribution in [2.45, 2.75) is 38.6 Å². The Labute approximate surface area is 106 Å². The molecule has 0 amide bonds. The molecular formula is C14H28N2O. The van der Waals surface area contributed by atoms with Crippen molar-refractivity contribution in [2.75, 3.05) is 39.9 Å². The third kappa shape index (κ3) is 4.23. The average molecular weight is 240 g/mol.